The maximum atomic E-state index is 10.7. The number of benzene rings is 2. The maximum absolute atomic E-state index is 10.7. The molecule has 4 heteroatoms. The van der Waals surface area contributed by atoms with E-state index in [-0.39, 0.29) is 5.41 Å². The lowest BCUT2D eigenvalue weighted by Gasteiger charge is -2.18. The van der Waals surface area contributed by atoms with Gasteiger partial charge in [-0.1, -0.05) is 80.6 Å². The lowest BCUT2D eigenvalue weighted by Crippen LogP contribution is -2.25. The Balaban J connectivity index is 2.41. The minimum absolute atomic E-state index is 0.358. The number of nitrogens with zero attached hydrogens (tertiary/aromatic N) is 1. The highest BCUT2D eigenvalue weighted by atomic mass is 16.2. The smallest absolute Gasteiger partial charge is 0.332 e. The Morgan fingerprint density at radius 3 is 1.91 bits per heavy atom. The Kier molecular flexibility index (Phi) is 5.31. The Labute approximate surface area is 136 Å². The second-order valence-corrected chi connectivity index (χ2v) is 5.85. The van der Waals surface area contributed by atoms with Gasteiger partial charge in [0.2, 0.25) is 0 Å². The van der Waals surface area contributed by atoms with E-state index in [2.05, 4.69) is 40.9 Å². The molecular formula is C19H21N3O. The van der Waals surface area contributed by atoms with Gasteiger partial charge >= 0.3 is 6.03 Å². The number of amides is 2. The third-order valence-electron chi connectivity index (χ3n) is 3.26. The Bertz CT molecular complexity index is 662. The number of primary amides is 1. The van der Waals surface area contributed by atoms with Gasteiger partial charge < -0.3 is 5.73 Å². The molecule has 0 spiro atoms. The summed E-state index contributed by atoms with van der Waals surface area (Å²) in [6.45, 7) is 4.04. The van der Waals surface area contributed by atoms with Crippen LogP contribution in [0.2, 0.25) is 0 Å². The number of nitrogens with one attached hydrogen (secondary N) is 1. The second-order valence-electron chi connectivity index (χ2n) is 5.85. The van der Waals surface area contributed by atoms with Gasteiger partial charge in [-0.25, -0.2) is 10.2 Å². The zero-order chi connectivity index (χ0) is 16.7. The van der Waals surface area contributed by atoms with Crippen LogP contribution in [0.5, 0.6) is 0 Å². The molecule has 0 heterocycles. The summed E-state index contributed by atoms with van der Waals surface area (Å²) < 4.78 is 0. The molecular weight excluding hydrogens is 286 g/mol. The summed E-state index contributed by atoms with van der Waals surface area (Å²) in [4.78, 5) is 10.7. The molecule has 0 saturated carbocycles. The number of carbonyl (C=O) groups is 1. The SMILES string of the molecule is CC(C)(C=C(c1ccccc1)c1ccccc1)/C=N/NC(N)=O. The van der Waals surface area contributed by atoms with Crippen LogP contribution in [-0.2, 0) is 0 Å². The molecule has 0 fully saturated rings. The summed E-state index contributed by atoms with van der Waals surface area (Å²) in [5.74, 6) is 0. The van der Waals surface area contributed by atoms with Crippen molar-refractivity contribution in [1.29, 1.82) is 0 Å². The van der Waals surface area contributed by atoms with Crippen LogP contribution < -0.4 is 11.2 Å². The van der Waals surface area contributed by atoms with E-state index in [4.69, 9.17) is 5.73 Å². The van der Waals surface area contributed by atoms with E-state index in [1.165, 1.54) is 0 Å². The number of hydrogen-bond donors (Lipinski definition) is 2. The molecule has 0 saturated heterocycles. The molecule has 23 heavy (non-hydrogen) atoms. The molecule has 2 aromatic carbocycles. The van der Waals surface area contributed by atoms with E-state index < -0.39 is 6.03 Å². The number of hydrogen-bond acceptors (Lipinski definition) is 2. The third kappa shape index (κ3) is 5.11. The first kappa shape index (κ1) is 16.5. The molecule has 2 amide bonds. The fraction of sp³-hybridized carbons (Fsp3) is 0.158. The number of allylic oxidation sites excluding steroid dienone is 1. The lowest BCUT2D eigenvalue weighted by atomic mass is 9.87. The van der Waals surface area contributed by atoms with Gasteiger partial charge in [-0.15, -0.1) is 0 Å². The molecule has 3 N–H and O–H groups in total. The molecule has 118 valence electrons. The van der Waals surface area contributed by atoms with Crippen molar-refractivity contribution in [2.24, 2.45) is 16.3 Å². The number of rotatable bonds is 5. The Morgan fingerprint density at radius 2 is 1.48 bits per heavy atom. The van der Waals surface area contributed by atoms with Crippen LogP contribution in [-0.4, -0.2) is 12.2 Å². The van der Waals surface area contributed by atoms with Gasteiger partial charge in [-0.3, -0.25) is 0 Å². The summed E-state index contributed by atoms with van der Waals surface area (Å²) in [6, 6.07) is 19.7. The average Bonchev–Trinajstić information content (AvgIpc) is 2.54. The quantitative estimate of drug-likeness (QED) is 0.640. The molecule has 0 unspecified atom stereocenters. The molecule has 0 bridgehead atoms. The van der Waals surface area contributed by atoms with Crippen LogP contribution in [0.3, 0.4) is 0 Å². The largest absolute Gasteiger partial charge is 0.350 e. The Hall–Kier alpha value is -2.88. The summed E-state index contributed by atoms with van der Waals surface area (Å²) in [7, 11) is 0. The normalized spacial score (nSPS) is 11.2. The van der Waals surface area contributed by atoms with Gasteiger partial charge in [0.05, 0.1) is 0 Å². The molecule has 2 rings (SSSR count). The standard InChI is InChI=1S/C19H21N3O/c1-19(2,14-21-22-18(20)23)13-17(15-9-5-3-6-10-15)16-11-7-4-8-12-16/h3-14H,1-2H3,(H3,20,22,23)/b21-14+. The average molecular weight is 307 g/mol. The van der Waals surface area contributed by atoms with Crippen molar-refractivity contribution in [2.45, 2.75) is 13.8 Å². The van der Waals surface area contributed by atoms with Crippen molar-refractivity contribution < 1.29 is 4.79 Å². The topological polar surface area (TPSA) is 67.5 Å². The third-order valence-corrected chi connectivity index (χ3v) is 3.26. The molecule has 0 aliphatic rings. The van der Waals surface area contributed by atoms with Gasteiger partial charge in [0.25, 0.3) is 0 Å². The molecule has 4 nitrogen and oxygen atoms in total. The minimum atomic E-state index is -0.674. The molecule has 0 radical (unpaired) electrons. The van der Waals surface area contributed by atoms with Crippen molar-refractivity contribution in [2.75, 3.05) is 0 Å². The first-order valence-electron chi connectivity index (χ1n) is 7.41. The van der Waals surface area contributed by atoms with E-state index in [0.29, 0.717) is 0 Å². The summed E-state index contributed by atoms with van der Waals surface area (Å²) in [6.07, 6.45) is 3.80. The zero-order valence-electron chi connectivity index (χ0n) is 13.4. The lowest BCUT2D eigenvalue weighted by molar-refractivity contribution is 0.249. The molecule has 0 aromatic heterocycles. The monoisotopic (exact) mass is 307 g/mol. The fourth-order valence-electron chi connectivity index (χ4n) is 2.24. The highest BCUT2D eigenvalue weighted by Crippen LogP contribution is 2.28. The van der Waals surface area contributed by atoms with Crippen LogP contribution in [0.15, 0.2) is 71.8 Å². The van der Waals surface area contributed by atoms with Crippen LogP contribution >= 0.6 is 0 Å². The Morgan fingerprint density at radius 1 is 1.00 bits per heavy atom. The number of carbonyl (C=O) groups excluding carboxylic acids is 1. The molecule has 0 aliphatic heterocycles. The summed E-state index contributed by atoms with van der Waals surface area (Å²) >= 11 is 0. The van der Waals surface area contributed by atoms with E-state index >= 15 is 0 Å². The predicted octanol–water partition coefficient (Wildman–Crippen LogP) is 3.80. The van der Waals surface area contributed by atoms with Gasteiger partial charge in [0, 0.05) is 11.6 Å². The minimum Gasteiger partial charge on any atom is -0.350 e. The van der Waals surface area contributed by atoms with E-state index in [0.717, 1.165) is 16.7 Å². The van der Waals surface area contributed by atoms with Gasteiger partial charge in [0.15, 0.2) is 0 Å². The first-order chi connectivity index (χ1) is 11.0. The zero-order valence-corrected chi connectivity index (χ0v) is 13.4. The number of hydrazone groups is 1. The molecule has 0 aliphatic carbocycles. The highest BCUT2D eigenvalue weighted by molar-refractivity contribution is 5.83. The van der Waals surface area contributed by atoms with Crippen molar-refractivity contribution in [1.82, 2.24) is 5.43 Å². The summed E-state index contributed by atoms with van der Waals surface area (Å²) in [5.41, 5.74) is 10.3. The van der Waals surface area contributed by atoms with Crippen molar-refractivity contribution in [3.63, 3.8) is 0 Å². The van der Waals surface area contributed by atoms with E-state index in [1.807, 2.05) is 50.2 Å². The predicted molar refractivity (Wildman–Crippen MR) is 95.0 cm³/mol. The van der Waals surface area contributed by atoms with E-state index in [9.17, 15) is 4.79 Å². The van der Waals surface area contributed by atoms with Crippen LogP contribution in [0.25, 0.3) is 5.57 Å². The summed E-state index contributed by atoms with van der Waals surface area (Å²) in [5, 5.41) is 3.89. The van der Waals surface area contributed by atoms with Crippen molar-refractivity contribution >= 4 is 17.8 Å². The number of urea groups is 1. The van der Waals surface area contributed by atoms with Gasteiger partial charge in [0.1, 0.15) is 0 Å². The second kappa shape index (κ2) is 7.40. The van der Waals surface area contributed by atoms with Gasteiger partial charge in [-0.2, -0.15) is 5.10 Å². The van der Waals surface area contributed by atoms with Crippen LogP contribution in [0, 0.1) is 5.41 Å². The molecule has 0 atom stereocenters. The first-order valence-corrected chi connectivity index (χ1v) is 7.41. The number of nitrogens with two attached hydrogens (primary N) is 1. The van der Waals surface area contributed by atoms with Crippen molar-refractivity contribution in [3.05, 3.63) is 77.9 Å². The van der Waals surface area contributed by atoms with E-state index in [1.54, 1.807) is 6.21 Å². The maximum Gasteiger partial charge on any atom is 0.332 e. The van der Waals surface area contributed by atoms with Crippen LogP contribution in [0.4, 0.5) is 4.79 Å². The van der Waals surface area contributed by atoms with Crippen molar-refractivity contribution in [3.8, 4) is 0 Å². The highest BCUT2D eigenvalue weighted by Gasteiger charge is 2.15. The molecule has 2 aromatic rings. The van der Waals surface area contributed by atoms with Gasteiger partial charge in [-0.05, 0) is 16.7 Å². The fourth-order valence-corrected chi connectivity index (χ4v) is 2.24. The van der Waals surface area contributed by atoms with Crippen LogP contribution in [0.1, 0.15) is 25.0 Å².